The predicted molar refractivity (Wildman–Crippen MR) is 119 cm³/mol. The zero-order valence-corrected chi connectivity index (χ0v) is 17.5. The summed E-state index contributed by atoms with van der Waals surface area (Å²) in [6, 6.07) is 11.0. The fourth-order valence-corrected chi connectivity index (χ4v) is 4.46. The highest BCUT2D eigenvalue weighted by Gasteiger charge is 2.22. The Morgan fingerprint density at radius 2 is 1.90 bits per heavy atom. The molecular weight excluding hydrogens is 384 g/mol. The molecule has 1 aliphatic heterocycles. The van der Waals surface area contributed by atoms with E-state index in [2.05, 4.69) is 46.3 Å². The molecule has 6 nitrogen and oxygen atoms in total. The van der Waals surface area contributed by atoms with Crippen LogP contribution in [0.25, 0.3) is 33.2 Å². The Labute approximate surface area is 174 Å². The number of halogens is 1. The Hall–Kier alpha value is -2.70. The number of rotatable bonds is 2. The van der Waals surface area contributed by atoms with Gasteiger partial charge in [-0.15, -0.1) is 0 Å². The predicted octanol–water partition coefficient (Wildman–Crippen LogP) is 4.02. The molecule has 0 bridgehead atoms. The second-order valence-corrected chi connectivity index (χ2v) is 8.41. The standard InChI is InChI=1S/C22H23ClN6/c1-13-10-29(11-14(2)25-13)17-7-18-19(23)8-21(26-22(18)24-9-17)15-4-5-20-16(6-15)12-28(3)27-20/h4-9,12-14,25H,10-11H2,1-3H3/t13-,14-/m1/s1. The summed E-state index contributed by atoms with van der Waals surface area (Å²) in [5.41, 5.74) is 4.54. The molecule has 5 rings (SSSR count). The van der Waals surface area contributed by atoms with Gasteiger partial charge in [0.25, 0.3) is 0 Å². The zero-order valence-electron chi connectivity index (χ0n) is 16.7. The first-order valence-corrected chi connectivity index (χ1v) is 10.2. The molecule has 148 valence electrons. The fourth-order valence-electron chi connectivity index (χ4n) is 4.22. The molecule has 0 radical (unpaired) electrons. The quantitative estimate of drug-likeness (QED) is 0.544. The van der Waals surface area contributed by atoms with Crippen molar-refractivity contribution in [3.63, 3.8) is 0 Å². The summed E-state index contributed by atoms with van der Waals surface area (Å²) in [4.78, 5) is 11.8. The third-order valence-electron chi connectivity index (χ3n) is 5.44. The van der Waals surface area contributed by atoms with E-state index in [1.807, 2.05) is 42.3 Å². The molecule has 1 aliphatic rings. The lowest BCUT2D eigenvalue weighted by atomic mass is 10.1. The van der Waals surface area contributed by atoms with Gasteiger partial charge in [0.15, 0.2) is 5.65 Å². The van der Waals surface area contributed by atoms with Gasteiger partial charge in [0.1, 0.15) is 0 Å². The van der Waals surface area contributed by atoms with Crippen LogP contribution in [0.15, 0.2) is 42.7 Å². The number of piperazine rings is 1. The third kappa shape index (κ3) is 3.43. The number of aryl methyl sites for hydroxylation is 1. The summed E-state index contributed by atoms with van der Waals surface area (Å²) in [6.07, 6.45) is 3.91. The summed E-state index contributed by atoms with van der Waals surface area (Å²) in [5.74, 6) is 0. The molecule has 1 saturated heterocycles. The van der Waals surface area contributed by atoms with Crippen molar-refractivity contribution in [1.29, 1.82) is 0 Å². The average Bonchev–Trinajstić information content (AvgIpc) is 3.06. The number of anilines is 1. The lowest BCUT2D eigenvalue weighted by molar-refractivity contribution is 0.407. The van der Waals surface area contributed by atoms with E-state index in [1.165, 1.54) is 0 Å². The van der Waals surface area contributed by atoms with Gasteiger partial charge in [-0.25, -0.2) is 9.97 Å². The Kier molecular flexibility index (Phi) is 4.41. The van der Waals surface area contributed by atoms with Gasteiger partial charge < -0.3 is 10.2 Å². The SMILES string of the molecule is C[C@@H]1CN(c2cnc3nc(-c4ccc5nn(C)cc5c4)cc(Cl)c3c2)C[C@@H](C)N1. The van der Waals surface area contributed by atoms with Gasteiger partial charge in [-0.2, -0.15) is 5.10 Å². The van der Waals surface area contributed by atoms with Crippen LogP contribution in [-0.4, -0.2) is 44.9 Å². The van der Waals surface area contributed by atoms with Crippen molar-refractivity contribution >= 4 is 39.2 Å². The van der Waals surface area contributed by atoms with Crippen LogP contribution in [0.1, 0.15) is 13.8 Å². The monoisotopic (exact) mass is 406 g/mol. The van der Waals surface area contributed by atoms with E-state index in [1.54, 1.807) is 0 Å². The first kappa shape index (κ1) is 18.3. The minimum atomic E-state index is 0.438. The van der Waals surface area contributed by atoms with Gasteiger partial charge in [0.2, 0.25) is 0 Å². The molecule has 0 unspecified atom stereocenters. The van der Waals surface area contributed by atoms with E-state index in [9.17, 15) is 0 Å². The van der Waals surface area contributed by atoms with Crippen LogP contribution in [0, 0.1) is 0 Å². The van der Waals surface area contributed by atoms with Crippen LogP contribution in [0.3, 0.4) is 0 Å². The first-order valence-electron chi connectivity index (χ1n) is 9.87. The van der Waals surface area contributed by atoms with Crippen molar-refractivity contribution in [1.82, 2.24) is 25.1 Å². The molecule has 3 aromatic heterocycles. The number of hydrogen-bond acceptors (Lipinski definition) is 5. The molecule has 0 amide bonds. The normalized spacial score (nSPS) is 19.9. The fraction of sp³-hybridized carbons (Fsp3) is 0.318. The van der Waals surface area contributed by atoms with Crippen LogP contribution < -0.4 is 10.2 Å². The molecule has 1 fully saturated rings. The van der Waals surface area contributed by atoms with Gasteiger partial charge in [-0.3, -0.25) is 4.68 Å². The minimum Gasteiger partial charge on any atom is -0.367 e. The molecule has 0 aliphatic carbocycles. The Bertz CT molecular complexity index is 1210. The molecule has 0 spiro atoms. The molecule has 4 heterocycles. The van der Waals surface area contributed by atoms with Gasteiger partial charge in [0, 0.05) is 54.8 Å². The van der Waals surface area contributed by atoms with E-state index in [0.29, 0.717) is 22.8 Å². The Morgan fingerprint density at radius 3 is 2.69 bits per heavy atom. The lowest BCUT2D eigenvalue weighted by Crippen LogP contribution is -2.54. The largest absolute Gasteiger partial charge is 0.367 e. The number of fused-ring (bicyclic) bond motifs is 2. The molecule has 2 atom stereocenters. The molecule has 29 heavy (non-hydrogen) atoms. The molecule has 7 heteroatoms. The highest BCUT2D eigenvalue weighted by Crippen LogP contribution is 2.31. The Balaban J connectivity index is 1.54. The summed E-state index contributed by atoms with van der Waals surface area (Å²) in [6.45, 7) is 6.31. The number of pyridine rings is 2. The number of aromatic nitrogens is 4. The second-order valence-electron chi connectivity index (χ2n) is 8.00. The van der Waals surface area contributed by atoms with E-state index in [0.717, 1.165) is 46.3 Å². The Morgan fingerprint density at radius 1 is 1.10 bits per heavy atom. The van der Waals surface area contributed by atoms with Gasteiger partial charge in [-0.05, 0) is 38.1 Å². The smallest absolute Gasteiger partial charge is 0.161 e. The van der Waals surface area contributed by atoms with Crippen molar-refractivity contribution in [2.24, 2.45) is 7.05 Å². The maximum atomic E-state index is 6.68. The highest BCUT2D eigenvalue weighted by molar-refractivity contribution is 6.35. The number of nitrogens with zero attached hydrogens (tertiary/aromatic N) is 5. The second kappa shape index (κ2) is 6.97. The number of benzene rings is 1. The minimum absolute atomic E-state index is 0.438. The highest BCUT2D eigenvalue weighted by atomic mass is 35.5. The summed E-state index contributed by atoms with van der Waals surface area (Å²) < 4.78 is 1.82. The summed E-state index contributed by atoms with van der Waals surface area (Å²) in [7, 11) is 1.92. The van der Waals surface area contributed by atoms with Crippen LogP contribution in [0.2, 0.25) is 5.02 Å². The molecule has 0 saturated carbocycles. The maximum Gasteiger partial charge on any atom is 0.161 e. The molecule has 1 aromatic carbocycles. The van der Waals surface area contributed by atoms with E-state index < -0.39 is 0 Å². The zero-order chi connectivity index (χ0) is 20.1. The van der Waals surface area contributed by atoms with Crippen LogP contribution in [-0.2, 0) is 7.05 Å². The van der Waals surface area contributed by atoms with E-state index in [-0.39, 0.29) is 0 Å². The number of hydrogen-bond donors (Lipinski definition) is 1. The molecule has 4 aromatic rings. The summed E-state index contributed by atoms with van der Waals surface area (Å²) in [5, 5.41) is 10.6. The van der Waals surface area contributed by atoms with Gasteiger partial charge in [-0.1, -0.05) is 17.7 Å². The van der Waals surface area contributed by atoms with Crippen LogP contribution in [0.5, 0.6) is 0 Å². The topological polar surface area (TPSA) is 58.9 Å². The van der Waals surface area contributed by atoms with Crippen molar-refractivity contribution in [2.75, 3.05) is 18.0 Å². The maximum absolute atomic E-state index is 6.68. The molecular formula is C22H23ClN6. The van der Waals surface area contributed by atoms with Crippen LogP contribution >= 0.6 is 11.6 Å². The van der Waals surface area contributed by atoms with Gasteiger partial charge >= 0.3 is 0 Å². The van der Waals surface area contributed by atoms with Crippen molar-refractivity contribution in [3.05, 3.63) is 47.7 Å². The first-order chi connectivity index (χ1) is 14.0. The van der Waals surface area contributed by atoms with Crippen molar-refractivity contribution < 1.29 is 0 Å². The molecule has 1 N–H and O–H groups in total. The summed E-state index contributed by atoms with van der Waals surface area (Å²) >= 11 is 6.68. The van der Waals surface area contributed by atoms with Crippen molar-refractivity contribution in [2.45, 2.75) is 25.9 Å². The van der Waals surface area contributed by atoms with Crippen LogP contribution in [0.4, 0.5) is 5.69 Å². The van der Waals surface area contributed by atoms with E-state index >= 15 is 0 Å². The van der Waals surface area contributed by atoms with Crippen molar-refractivity contribution in [3.8, 4) is 11.3 Å². The van der Waals surface area contributed by atoms with Gasteiger partial charge in [0.05, 0.1) is 28.1 Å². The average molecular weight is 407 g/mol. The lowest BCUT2D eigenvalue weighted by Gasteiger charge is -2.37. The number of nitrogens with one attached hydrogen (secondary N) is 1. The van der Waals surface area contributed by atoms with E-state index in [4.69, 9.17) is 16.6 Å². The third-order valence-corrected chi connectivity index (χ3v) is 5.75.